The fourth-order valence-electron chi connectivity index (χ4n) is 1.14. The fraction of sp³-hybridized carbons (Fsp3) is 0.556. The quantitative estimate of drug-likeness (QED) is 0.694. The van der Waals surface area contributed by atoms with Gasteiger partial charge >= 0.3 is 18.1 Å². The van der Waals surface area contributed by atoms with Crippen LogP contribution in [0.25, 0.3) is 0 Å². The van der Waals surface area contributed by atoms with E-state index in [1.165, 1.54) is 0 Å². The van der Waals surface area contributed by atoms with E-state index in [9.17, 15) is 22.8 Å². The van der Waals surface area contributed by atoms with Gasteiger partial charge < -0.3 is 15.7 Å². The Hall–Kier alpha value is -1.57. The van der Waals surface area contributed by atoms with Crippen LogP contribution in [0.4, 0.5) is 13.2 Å². The molecule has 0 aromatic heterocycles. The van der Waals surface area contributed by atoms with Crippen molar-refractivity contribution in [2.45, 2.75) is 25.2 Å². The molecule has 0 aliphatic carbocycles. The molecule has 0 spiro atoms. The van der Waals surface area contributed by atoms with E-state index in [1.807, 2.05) is 0 Å². The number of carbonyl (C=O) groups excluding carboxylic acids is 1. The number of hydrogen-bond acceptors (Lipinski definition) is 3. The topological polar surface area (TPSA) is 83.6 Å². The molecule has 5 nitrogen and oxygen atoms in total. The SMILES string of the molecule is C=CCN(C(=O)C(F)(F)F)C(C)[C@H](N)C(=O)O. The zero-order valence-electron chi connectivity index (χ0n) is 9.07. The van der Waals surface area contributed by atoms with Crippen molar-refractivity contribution in [2.24, 2.45) is 5.73 Å². The number of rotatable bonds is 5. The lowest BCUT2D eigenvalue weighted by atomic mass is 10.1. The first kappa shape index (κ1) is 15.4. The number of nitrogens with two attached hydrogens (primary N) is 1. The van der Waals surface area contributed by atoms with Gasteiger partial charge in [0.2, 0.25) is 0 Å². The maximum Gasteiger partial charge on any atom is 0.471 e. The van der Waals surface area contributed by atoms with Crippen LogP contribution in [0.15, 0.2) is 12.7 Å². The minimum Gasteiger partial charge on any atom is -0.480 e. The van der Waals surface area contributed by atoms with Gasteiger partial charge in [-0.2, -0.15) is 13.2 Å². The third-order valence-corrected chi connectivity index (χ3v) is 2.13. The van der Waals surface area contributed by atoms with Crippen LogP contribution in [0.3, 0.4) is 0 Å². The average Bonchev–Trinajstić information content (AvgIpc) is 2.21. The number of halogens is 3. The highest BCUT2D eigenvalue weighted by Gasteiger charge is 2.45. The molecule has 0 aromatic rings. The Balaban J connectivity index is 5.04. The molecule has 3 N–H and O–H groups in total. The first-order valence-electron chi connectivity index (χ1n) is 4.60. The summed E-state index contributed by atoms with van der Waals surface area (Å²) in [6.45, 7) is 3.90. The summed E-state index contributed by atoms with van der Waals surface area (Å²) < 4.78 is 36.7. The number of carbonyl (C=O) groups is 2. The van der Waals surface area contributed by atoms with Crippen molar-refractivity contribution in [3.63, 3.8) is 0 Å². The highest BCUT2D eigenvalue weighted by atomic mass is 19.4. The second-order valence-electron chi connectivity index (χ2n) is 3.35. The minimum absolute atomic E-state index is 0.325. The molecular formula is C9H13F3N2O3. The number of alkyl halides is 3. The van der Waals surface area contributed by atoms with Gasteiger partial charge in [0.25, 0.3) is 0 Å². The zero-order valence-corrected chi connectivity index (χ0v) is 9.07. The van der Waals surface area contributed by atoms with Gasteiger partial charge in [-0.05, 0) is 6.92 Å². The van der Waals surface area contributed by atoms with Crippen molar-refractivity contribution >= 4 is 11.9 Å². The van der Waals surface area contributed by atoms with E-state index >= 15 is 0 Å². The Morgan fingerprint density at radius 2 is 2.00 bits per heavy atom. The normalized spacial score (nSPS) is 14.9. The van der Waals surface area contributed by atoms with Gasteiger partial charge in [-0.25, -0.2) is 0 Å². The Labute approximate surface area is 95.7 Å². The van der Waals surface area contributed by atoms with E-state index in [2.05, 4.69) is 6.58 Å². The molecule has 0 rings (SSSR count). The molecule has 0 heterocycles. The number of carboxylic acid groups (broad SMARTS) is 1. The molecule has 2 atom stereocenters. The summed E-state index contributed by atoms with van der Waals surface area (Å²) in [6.07, 6.45) is -4.01. The minimum atomic E-state index is -5.07. The van der Waals surface area contributed by atoms with Crippen LogP contribution in [0.5, 0.6) is 0 Å². The van der Waals surface area contributed by atoms with Crippen LogP contribution in [0, 0.1) is 0 Å². The van der Waals surface area contributed by atoms with E-state index in [0.717, 1.165) is 13.0 Å². The third-order valence-electron chi connectivity index (χ3n) is 2.13. The number of aliphatic carboxylic acids is 1. The monoisotopic (exact) mass is 254 g/mol. The summed E-state index contributed by atoms with van der Waals surface area (Å²) in [6, 6.07) is -2.89. The number of amides is 1. The summed E-state index contributed by atoms with van der Waals surface area (Å²) in [5.74, 6) is -3.62. The van der Waals surface area contributed by atoms with Crippen molar-refractivity contribution in [2.75, 3.05) is 6.54 Å². The van der Waals surface area contributed by atoms with Crippen LogP contribution >= 0.6 is 0 Å². The molecule has 0 saturated carbocycles. The van der Waals surface area contributed by atoms with Crippen molar-refractivity contribution in [1.82, 2.24) is 4.90 Å². The number of hydrogen-bond donors (Lipinski definition) is 2. The first-order valence-corrected chi connectivity index (χ1v) is 4.60. The maximum absolute atomic E-state index is 12.2. The van der Waals surface area contributed by atoms with Crippen LogP contribution < -0.4 is 5.73 Å². The second kappa shape index (κ2) is 5.67. The van der Waals surface area contributed by atoms with Crippen LogP contribution in [0.1, 0.15) is 6.92 Å². The standard InChI is InChI=1S/C9H13F3N2O3/c1-3-4-14(8(17)9(10,11)12)5(2)6(13)7(15)16/h3,5-6H,1,4,13H2,2H3,(H,15,16)/t5?,6-/m0/s1. The molecule has 0 radical (unpaired) electrons. The Morgan fingerprint density at radius 3 is 2.29 bits per heavy atom. The molecule has 0 bridgehead atoms. The smallest absolute Gasteiger partial charge is 0.471 e. The highest BCUT2D eigenvalue weighted by molar-refractivity contribution is 5.83. The fourth-order valence-corrected chi connectivity index (χ4v) is 1.14. The van der Waals surface area contributed by atoms with Gasteiger partial charge in [0.15, 0.2) is 0 Å². The van der Waals surface area contributed by atoms with E-state index < -0.39 is 36.7 Å². The average molecular weight is 254 g/mol. The van der Waals surface area contributed by atoms with Crippen molar-refractivity contribution < 1.29 is 27.9 Å². The van der Waals surface area contributed by atoms with E-state index in [0.29, 0.717) is 4.90 Å². The molecular weight excluding hydrogens is 241 g/mol. The summed E-state index contributed by atoms with van der Waals surface area (Å²) in [4.78, 5) is 21.9. The Kier molecular flexibility index (Phi) is 5.14. The summed E-state index contributed by atoms with van der Waals surface area (Å²) in [5, 5.41) is 8.58. The predicted molar refractivity (Wildman–Crippen MR) is 53.0 cm³/mol. The lowest BCUT2D eigenvalue weighted by Crippen LogP contribution is -2.55. The summed E-state index contributed by atoms with van der Waals surface area (Å²) in [7, 11) is 0. The Morgan fingerprint density at radius 1 is 1.53 bits per heavy atom. The van der Waals surface area contributed by atoms with Gasteiger partial charge in [0.05, 0.1) is 6.04 Å². The van der Waals surface area contributed by atoms with Gasteiger partial charge in [0, 0.05) is 6.54 Å². The van der Waals surface area contributed by atoms with Crippen LogP contribution in [-0.4, -0.2) is 46.7 Å². The number of nitrogens with zero attached hydrogens (tertiary/aromatic N) is 1. The van der Waals surface area contributed by atoms with E-state index in [-0.39, 0.29) is 0 Å². The van der Waals surface area contributed by atoms with Gasteiger partial charge in [-0.1, -0.05) is 6.08 Å². The van der Waals surface area contributed by atoms with E-state index in [1.54, 1.807) is 0 Å². The summed E-state index contributed by atoms with van der Waals surface area (Å²) in [5.41, 5.74) is 5.18. The molecule has 98 valence electrons. The molecule has 0 saturated heterocycles. The Bertz CT molecular complexity index is 317. The lowest BCUT2D eigenvalue weighted by molar-refractivity contribution is -0.187. The van der Waals surface area contributed by atoms with Crippen molar-refractivity contribution in [3.05, 3.63) is 12.7 Å². The molecule has 1 unspecified atom stereocenters. The molecule has 1 amide bonds. The van der Waals surface area contributed by atoms with Crippen molar-refractivity contribution in [3.8, 4) is 0 Å². The zero-order chi connectivity index (χ0) is 13.8. The van der Waals surface area contributed by atoms with Gasteiger partial charge in [-0.15, -0.1) is 6.58 Å². The lowest BCUT2D eigenvalue weighted by Gasteiger charge is -2.30. The third kappa shape index (κ3) is 4.06. The summed E-state index contributed by atoms with van der Waals surface area (Å²) >= 11 is 0. The molecule has 17 heavy (non-hydrogen) atoms. The largest absolute Gasteiger partial charge is 0.480 e. The molecule has 0 aromatic carbocycles. The highest BCUT2D eigenvalue weighted by Crippen LogP contribution is 2.20. The number of carboxylic acids is 1. The maximum atomic E-state index is 12.2. The predicted octanol–water partition coefficient (Wildman–Crippen LogP) is 0.364. The molecule has 8 heteroatoms. The van der Waals surface area contributed by atoms with Crippen LogP contribution in [0.2, 0.25) is 0 Å². The first-order chi connectivity index (χ1) is 7.62. The van der Waals surface area contributed by atoms with Crippen molar-refractivity contribution in [1.29, 1.82) is 0 Å². The van der Waals surface area contributed by atoms with Gasteiger partial charge in [-0.3, -0.25) is 9.59 Å². The van der Waals surface area contributed by atoms with E-state index in [4.69, 9.17) is 10.8 Å². The molecule has 0 aliphatic rings. The second-order valence-corrected chi connectivity index (χ2v) is 3.35. The van der Waals surface area contributed by atoms with Crippen LogP contribution in [-0.2, 0) is 9.59 Å². The van der Waals surface area contributed by atoms with Gasteiger partial charge in [0.1, 0.15) is 6.04 Å². The molecule has 0 fully saturated rings. The molecule has 0 aliphatic heterocycles.